The molecular formula is C30H28FN7O. The molecule has 2 aromatic heterocycles. The van der Waals surface area contributed by atoms with Crippen LogP contribution in [0.1, 0.15) is 39.0 Å². The number of nitrogens with one attached hydrogen (secondary N) is 3. The molecule has 0 aliphatic carbocycles. The predicted octanol–water partition coefficient (Wildman–Crippen LogP) is 5.35. The molecule has 0 bridgehead atoms. The summed E-state index contributed by atoms with van der Waals surface area (Å²) in [6.45, 7) is 7.63. The molecular weight excluding hydrogens is 493 g/mol. The number of aromatic nitrogens is 3. The van der Waals surface area contributed by atoms with Crippen molar-refractivity contribution < 1.29 is 9.18 Å². The van der Waals surface area contributed by atoms with Gasteiger partial charge in [0.25, 0.3) is 0 Å². The second-order valence-electron chi connectivity index (χ2n) is 11.2. The van der Waals surface area contributed by atoms with Crippen LogP contribution in [0, 0.1) is 11.2 Å². The minimum absolute atomic E-state index is 0.0792. The number of amidine groups is 1. The number of fused-ring (bicyclic) bond motifs is 2. The third kappa shape index (κ3) is 4.50. The van der Waals surface area contributed by atoms with E-state index in [1.807, 2.05) is 64.2 Å². The number of hydrogen-bond acceptors (Lipinski definition) is 6. The lowest BCUT2D eigenvalue weighted by atomic mass is 9.84. The molecule has 2 atom stereocenters. The molecule has 2 unspecified atom stereocenters. The van der Waals surface area contributed by atoms with Gasteiger partial charge in [-0.05, 0) is 48.4 Å². The van der Waals surface area contributed by atoms with E-state index in [4.69, 9.17) is 4.99 Å². The smallest absolute Gasteiger partial charge is 0.229 e. The molecule has 2 aromatic carbocycles. The first kappa shape index (κ1) is 24.7. The van der Waals surface area contributed by atoms with Crippen molar-refractivity contribution in [1.82, 2.24) is 20.5 Å². The van der Waals surface area contributed by atoms with Gasteiger partial charge in [0.1, 0.15) is 17.6 Å². The van der Waals surface area contributed by atoms with Crippen LogP contribution in [0.25, 0.3) is 27.6 Å². The van der Waals surface area contributed by atoms with E-state index in [2.05, 4.69) is 30.8 Å². The lowest BCUT2D eigenvalue weighted by molar-refractivity contribution is -0.123. The molecule has 39 heavy (non-hydrogen) atoms. The van der Waals surface area contributed by atoms with Gasteiger partial charge in [0, 0.05) is 40.5 Å². The van der Waals surface area contributed by atoms with Crippen LogP contribution in [0.3, 0.4) is 0 Å². The summed E-state index contributed by atoms with van der Waals surface area (Å²) in [5.74, 6) is 0.248. The number of aliphatic imine (C=N–C) groups is 2. The third-order valence-corrected chi connectivity index (χ3v) is 7.02. The number of pyridine rings is 1. The highest BCUT2D eigenvalue weighted by molar-refractivity contribution is 6.12. The first-order chi connectivity index (χ1) is 18.6. The maximum Gasteiger partial charge on any atom is 0.229 e. The SMILES string of the molecule is CC(C)(C)C(=O)Nc1cncc(-c2ccc3[nH]nc(C4=NC5C(c6cccc(F)c6)=CN=CC5(C)N4)c3c2)c1. The summed E-state index contributed by atoms with van der Waals surface area (Å²) in [6.07, 6.45) is 6.98. The van der Waals surface area contributed by atoms with Gasteiger partial charge in [-0.1, -0.05) is 39.0 Å². The normalized spacial score (nSPS) is 20.3. The standard InChI is InChI=1S/C30H28FN7O/c1-29(2,3)28(39)34-21-11-19(13-32-14-21)17-8-9-24-22(12-17)25(38-37-24)27-35-26-23(15-33-16-30(26,4)36-27)18-6-5-7-20(31)10-18/h5-16,26H,1-4H3,(H,34,39)(H,35,36)(H,37,38). The van der Waals surface area contributed by atoms with Crippen molar-refractivity contribution in [3.63, 3.8) is 0 Å². The quantitative estimate of drug-likeness (QED) is 0.336. The molecule has 0 saturated carbocycles. The number of carbonyl (C=O) groups is 1. The van der Waals surface area contributed by atoms with Crippen LogP contribution in [0.15, 0.2) is 77.1 Å². The molecule has 196 valence electrons. The Balaban J connectivity index is 1.35. The van der Waals surface area contributed by atoms with Crippen molar-refractivity contribution in [2.75, 3.05) is 5.32 Å². The van der Waals surface area contributed by atoms with E-state index >= 15 is 0 Å². The Bertz CT molecular complexity index is 1710. The largest absolute Gasteiger partial charge is 0.356 e. The molecule has 2 aliphatic rings. The maximum absolute atomic E-state index is 14.0. The van der Waals surface area contributed by atoms with Crippen molar-refractivity contribution in [3.8, 4) is 11.1 Å². The molecule has 4 heterocycles. The van der Waals surface area contributed by atoms with E-state index in [-0.39, 0.29) is 17.8 Å². The Morgan fingerprint density at radius 1 is 1.05 bits per heavy atom. The summed E-state index contributed by atoms with van der Waals surface area (Å²) in [7, 11) is 0. The van der Waals surface area contributed by atoms with Crippen LogP contribution in [0.4, 0.5) is 10.1 Å². The zero-order chi connectivity index (χ0) is 27.4. The highest BCUT2D eigenvalue weighted by Crippen LogP contribution is 2.36. The van der Waals surface area contributed by atoms with E-state index in [9.17, 15) is 9.18 Å². The highest BCUT2D eigenvalue weighted by atomic mass is 19.1. The fourth-order valence-corrected chi connectivity index (χ4v) is 4.84. The summed E-state index contributed by atoms with van der Waals surface area (Å²) in [6, 6.07) is 14.1. The number of halogens is 1. The van der Waals surface area contributed by atoms with Crippen LogP contribution < -0.4 is 10.6 Å². The van der Waals surface area contributed by atoms with Gasteiger partial charge < -0.3 is 10.6 Å². The predicted molar refractivity (Wildman–Crippen MR) is 152 cm³/mol. The summed E-state index contributed by atoms with van der Waals surface area (Å²) in [4.78, 5) is 26.3. The Kier molecular flexibility index (Phi) is 5.67. The Hall–Kier alpha value is -4.66. The second kappa shape index (κ2) is 8.97. The first-order valence-electron chi connectivity index (χ1n) is 12.7. The molecule has 0 spiro atoms. The summed E-state index contributed by atoms with van der Waals surface area (Å²) >= 11 is 0. The number of H-pyrrole nitrogens is 1. The molecule has 4 aromatic rings. The Labute approximate surface area is 225 Å². The fraction of sp³-hybridized carbons (Fsp3) is 0.233. The molecule has 1 amide bonds. The summed E-state index contributed by atoms with van der Waals surface area (Å²) in [5, 5.41) is 15.0. The van der Waals surface area contributed by atoms with E-state index in [0.717, 1.165) is 33.2 Å². The number of carbonyl (C=O) groups excluding carboxylic acids is 1. The van der Waals surface area contributed by atoms with E-state index in [0.29, 0.717) is 17.2 Å². The van der Waals surface area contributed by atoms with Crippen LogP contribution in [-0.2, 0) is 4.79 Å². The van der Waals surface area contributed by atoms with Crippen LogP contribution in [-0.4, -0.2) is 44.7 Å². The number of anilines is 1. The number of rotatable bonds is 4. The van der Waals surface area contributed by atoms with Crippen LogP contribution in [0.2, 0.25) is 0 Å². The third-order valence-electron chi connectivity index (χ3n) is 7.02. The number of hydrogen-bond donors (Lipinski definition) is 3. The number of aromatic amines is 1. The Morgan fingerprint density at radius 2 is 1.90 bits per heavy atom. The zero-order valence-electron chi connectivity index (χ0n) is 22.1. The van der Waals surface area contributed by atoms with Gasteiger partial charge in [-0.15, -0.1) is 0 Å². The molecule has 2 aliphatic heterocycles. The molecule has 8 nitrogen and oxygen atoms in total. The summed E-state index contributed by atoms with van der Waals surface area (Å²) < 4.78 is 14.0. The molecule has 9 heteroatoms. The van der Waals surface area contributed by atoms with Crippen molar-refractivity contribution in [2.24, 2.45) is 15.4 Å². The maximum atomic E-state index is 14.0. The lowest BCUT2D eigenvalue weighted by Gasteiger charge is -2.30. The monoisotopic (exact) mass is 521 g/mol. The first-order valence-corrected chi connectivity index (χ1v) is 12.7. The van der Waals surface area contributed by atoms with Crippen LogP contribution in [0.5, 0.6) is 0 Å². The lowest BCUT2D eigenvalue weighted by Crippen LogP contribution is -2.50. The van der Waals surface area contributed by atoms with Crippen molar-refractivity contribution in [3.05, 3.63) is 84.2 Å². The molecule has 3 N–H and O–H groups in total. The molecule has 0 fully saturated rings. The van der Waals surface area contributed by atoms with E-state index < -0.39 is 11.0 Å². The van der Waals surface area contributed by atoms with E-state index in [1.165, 1.54) is 12.1 Å². The van der Waals surface area contributed by atoms with E-state index in [1.54, 1.807) is 24.7 Å². The topological polar surface area (TPSA) is 107 Å². The van der Waals surface area contributed by atoms with Gasteiger partial charge in [-0.2, -0.15) is 5.10 Å². The highest BCUT2D eigenvalue weighted by Gasteiger charge is 2.44. The summed E-state index contributed by atoms with van der Waals surface area (Å²) in [5.41, 5.74) is 4.44. The average molecular weight is 522 g/mol. The van der Waals surface area contributed by atoms with Gasteiger partial charge in [0.2, 0.25) is 5.91 Å². The van der Waals surface area contributed by atoms with Gasteiger partial charge >= 0.3 is 0 Å². The van der Waals surface area contributed by atoms with Crippen molar-refractivity contribution in [1.29, 1.82) is 0 Å². The zero-order valence-corrected chi connectivity index (χ0v) is 22.1. The minimum Gasteiger partial charge on any atom is -0.356 e. The van der Waals surface area contributed by atoms with Gasteiger partial charge in [-0.25, -0.2) is 4.39 Å². The van der Waals surface area contributed by atoms with Gasteiger partial charge in [0.05, 0.1) is 22.9 Å². The molecule has 0 saturated heterocycles. The number of nitrogens with zero attached hydrogens (tertiary/aromatic N) is 4. The average Bonchev–Trinajstić information content (AvgIpc) is 3.48. The van der Waals surface area contributed by atoms with Crippen molar-refractivity contribution >= 4 is 40.1 Å². The van der Waals surface area contributed by atoms with Crippen molar-refractivity contribution in [2.45, 2.75) is 39.3 Å². The number of amides is 1. The second-order valence-corrected chi connectivity index (χ2v) is 11.2. The Morgan fingerprint density at radius 3 is 2.69 bits per heavy atom. The number of benzene rings is 2. The molecule has 6 rings (SSSR count). The molecule has 0 radical (unpaired) electrons. The van der Waals surface area contributed by atoms with Gasteiger partial charge in [-0.3, -0.25) is 24.9 Å². The van der Waals surface area contributed by atoms with Crippen LogP contribution >= 0.6 is 0 Å². The fourth-order valence-electron chi connectivity index (χ4n) is 4.84. The minimum atomic E-state index is -0.585. The van der Waals surface area contributed by atoms with Gasteiger partial charge in [0.15, 0.2) is 5.84 Å².